The molecular weight excluding hydrogens is 290 g/mol. The fourth-order valence-corrected chi connectivity index (χ4v) is 3.22. The minimum absolute atomic E-state index is 0.208. The minimum atomic E-state index is -0.922. The Morgan fingerprint density at radius 2 is 1.70 bits per heavy atom. The molecule has 0 aliphatic carbocycles. The number of aryl methyl sites for hydroxylation is 1. The van der Waals surface area contributed by atoms with E-state index in [1.165, 1.54) is 0 Å². The smallest absolute Gasteiger partial charge is 0.335 e. The third kappa shape index (κ3) is 4.81. The summed E-state index contributed by atoms with van der Waals surface area (Å²) in [4.78, 5) is 25.1. The molecular formula is C19H27NO3. The van der Waals surface area contributed by atoms with Gasteiger partial charge in [0.15, 0.2) is 0 Å². The van der Waals surface area contributed by atoms with Crippen molar-refractivity contribution in [2.24, 2.45) is 11.3 Å². The third-order valence-corrected chi connectivity index (χ3v) is 4.90. The van der Waals surface area contributed by atoms with E-state index < -0.39 is 5.97 Å². The number of aromatic carboxylic acids is 1. The summed E-state index contributed by atoms with van der Waals surface area (Å²) in [5.74, 6) is -0.0240. The monoisotopic (exact) mass is 317 g/mol. The lowest BCUT2D eigenvalue weighted by Gasteiger charge is -2.38. The average molecular weight is 317 g/mol. The highest BCUT2D eigenvalue weighted by Crippen LogP contribution is 2.34. The van der Waals surface area contributed by atoms with E-state index in [0.717, 1.165) is 31.5 Å². The number of carboxylic acid groups (broad SMARTS) is 1. The van der Waals surface area contributed by atoms with Crippen molar-refractivity contribution in [3.8, 4) is 0 Å². The number of hydrogen-bond acceptors (Lipinski definition) is 2. The number of rotatable bonds is 4. The number of benzene rings is 1. The molecule has 1 aliphatic heterocycles. The molecule has 0 spiro atoms. The van der Waals surface area contributed by atoms with Crippen LogP contribution in [0, 0.1) is 11.3 Å². The van der Waals surface area contributed by atoms with E-state index >= 15 is 0 Å². The molecule has 126 valence electrons. The normalized spacial score (nSPS) is 16.4. The summed E-state index contributed by atoms with van der Waals surface area (Å²) < 4.78 is 0. The number of hydrogen-bond donors (Lipinski definition) is 1. The molecule has 4 nitrogen and oxygen atoms in total. The Morgan fingerprint density at radius 1 is 1.13 bits per heavy atom. The highest BCUT2D eigenvalue weighted by molar-refractivity contribution is 5.87. The van der Waals surface area contributed by atoms with Crippen LogP contribution in [-0.2, 0) is 11.2 Å². The van der Waals surface area contributed by atoms with Gasteiger partial charge in [0.2, 0.25) is 5.91 Å². The molecule has 23 heavy (non-hydrogen) atoms. The maximum atomic E-state index is 12.3. The van der Waals surface area contributed by atoms with E-state index in [1.807, 2.05) is 4.90 Å². The maximum Gasteiger partial charge on any atom is 0.335 e. The summed E-state index contributed by atoms with van der Waals surface area (Å²) in [7, 11) is 0. The molecule has 1 fully saturated rings. The molecule has 1 aromatic rings. The first-order valence-electron chi connectivity index (χ1n) is 8.37. The van der Waals surface area contributed by atoms with Crippen LogP contribution in [0.25, 0.3) is 0 Å². The van der Waals surface area contributed by atoms with Crippen molar-refractivity contribution in [2.75, 3.05) is 13.1 Å². The summed E-state index contributed by atoms with van der Waals surface area (Å²) >= 11 is 0. The van der Waals surface area contributed by atoms with Crippen LogP contribution >= 0.6 is 0 Å². The Labute approximate surface area is 138 Å². The number of carbonyl (C=O) groups is 2. The Morgan fingerprint density at radius 3 is 2.17 bits per heavy atom. The second kappa shape index (κ2) is 7.16. The zero-order chi connectivity index (χ0) is 17.0. The number of carboxylic acids is 1. The SMILES string of the molecule is CC(C)(C)C1CCN(C(=O)CCc2ccc(C(=O)O)cc2)CC1. The fourth-order valence-electron chi connectivity index (χ4n) is 3.22. The summed E-state index contributed by atoms with van der Waals surface area (Å²) in [6.45, 7) is 8.54. The van der Waals surface area contributed by atoms with Crippen molar-refractivity contribution in [3.63, 3.8) is 0 Å². The number of amides is 1. The first kappa shape index (κ1) is 17.5. The molecule has 0 atom stereocenters. The van der Waals surface area contributed by atoms with E-state index in [0.29, 0.717) is 24.2 Å². The van der Waals surface area contributed by atoms with Gasteiger partial charge < -0.3 is 10.0 Å². The number of carbonyl (C=O) groups excluding carboxylic acids is 1. The maximum absolute atomic E-state index is 12.3. The molecule has 4 heteroatoms. The predicted octanol–water partition coefficient (Wildman–Crippen LogP) is 3.60. The van der Waals surface area contributed by atoms with Gasteiger partial charge in [0.25, 0.3) is 0 Å². The predicted molar refractivity (Wildman–Crippen MR) is 90.5 cm³/mol. The number of piperidine rings is 1. The second-order valence-electron chi connectivity index (χ2n) is 7.52. The topological polar surface area (TPSA) is 57.6 Å². The Balaban J connectivity index is 1.80. The van der Waals surface area contributed by atoms with Crippen LogP contribution in [0.15, 0.2) is 24.3 Å². The third-order valence-electron chi connectivity index (χ3n) is 4.90. The van der Waals surface area contributed by atoms with E-state index in [2.05, 4.69) is 20.8 Å². The van der Waals surface area contributed by atoms with Crippen molar-refractivity contribution in [1.29, 1.82) is 0 Å². The van der Waals surface area contributed by atoms with Gasteiger partial charge in [-0.05, 0) is 48.3 Å². The minimum Gasteiger partial charge on any atom is -0.478 e. The quantitative estimate of drug-likeness (QED) is 0.923. The molecule has 0 saturated carbocycles. The molecule has 0 unspecified atom stereocenters. The van der Waals surface area contributed by atoms with Gasteiger partial charge in [-0.25, -0.2) is 4.79 Å². The number of likely N-dealkylation sites (tertiary alicyclic amines) is 1. The van der Waals surface area contributed by atoms with E-state index in [1.54, 1.807) is 24.3 Å². The molecule has 1 aliphatic rings. The van der Waals surface area contributed by atoms with Crippen LogP contribution in [-0.4, -0.2) is 35.0 Å². The van der Waals surface area contributed by atoms with Crippen molar-refractivity contribution < 1.29 is 14.7 Å². The zero-order valence-electron chi connectivity index (χ0n) is 14.3. The summed E-state index contributed by atoms with van der Waals surface area (Å²) in [5, 5.41) is 8.88. The lowest BCUT2D eigenvalue weighted by molar-refractivity contribution is -0.133. The van der Waals surface area contributed by atoms with Gasteiger partial charge in [0.05, 0.1) is 5.56 Å². The summed E-state index contributed by atoms with van der Waals surface area (Å²) in [6.07, 6.45) is 3.33. The van der Waals surface area contributed by atoms with Crippen LogP contribution in [0.4, 0.5) is 0 Å². The first-order valence-corrected chi connectivity index (χ1v) is 8.37. The van der Waals surface area contributed by atoms with E-state index in [4.69, 9.17) is 5.11 Å². The van der Waals surface area contributed by atoms with Gasteiger partial charge in [-0.1, -0.05) is 32.9 Å². The molecule has 1 amide bonds. The van der Waals surface area contributed by atoms with Crippen molar-refractivity contribution in [3.05, 3.63) is 35.4 Å². The molecule has 0 bridgehead atoms. The lowest BCUT2D eigenvalue weighted by Crippen LogP contribution is -2.41. The molecule has 1 heterocycles. The van der Waals surface area contributed by atoms with Crippen LogP contribution in [0.2, 0.25) is 0 Å². The Hall–Kier alpha value is -1.84. The van der Waals surface area contributed by atoms with Gasteiger partial charge in [-0.2, -0.15) is 0 Å². The van der Waals surface area contributed by atoms with E-state index in [-0.39, 0.29) is 11.5 Å². The van der Waals surface area contributed by atoms with Crippen LogP contribution < -0.4 is 0 Å². The van der Waals surface area contributed by atoms with Crippen molar-refractivity contribution in [1.82, 2.24) is 4.90 Å². The van der Waals surface area contributed by atoms with Crippen LogP contribution in [0.1, 0.15) is 56.0 Å². The van der Waals surface area contributed by atoms with Crippen molar-refractivity contribution in [2.45, 2.75) is 46.5 Å². The van der Waals surface area contributed by atoms with Crippen LogP contribution in [0.3, 0.4) is 0 Å². The highest BCUT2D eigenvalue weighted by atomic mass is 16.4. The molecule has 0 aromatic heterocycles. The highest BCUT2D eigenvalue weighted by Gasteiger charge is 2.30. The Bertz CT molecular complexity index is 549. The molecule has 1 aromatic carbocycles. The zero-order valence-corrected chi connectivity index (χ0v) is 14.3. The van der Waals surface area contributed by atoms with Gasteiger partial charge in [0, 0.05) is 19.5 Å². The fraction of sp³-hybridized carbons (Fsp3) is 0.579. The average Bonchev–Trinajstić information content (AvgIpc) is 2.52. The van der Waals surface area contributed by atoms with Gasteiger partial charge in [-0.3, -0.25) is 4.79 Å². The summed E-state index contributed by atoms with van der Waals surface area (Å²) in [5.41, 5.74) is 1.61. The number of nitrogens with zero attached hydrogens (tertiary/aromatic N) is 1. The van der Waals surface area contributed by atoms with Crippen molar-refractivity contribution >= 4 is 11.9 Å². The van der Waals surface area contributed by atoms with Crippen LogP contribution in [0.5, 0.6) is 0 Å². The van der Waals surface area contributed by atoms with Gasteiger partial charge in [0.1, 0.15) is 0 Å². The largest absolute Gasteiger partial charge is 0.478 e. The first-order chi connectivity index (χ1) is 10.8. The van der Waals surface area contributed by atoms with Gasteiger partial charge in [-0.15, -0.1) is 0 Å². The molecule has 0 radical (unpaired) electrons. The lowest BCUT2D eigenvalue weighted by atomic mass is 9.75. The van der Waals surface area contributed by atoms with Gasteiger partial charge >= 0.3 is 5.97 Å². The molecule has 1 N–H and O–H groups in total. The van der Waals surface area contributed by atoms with E-state index in [9.17, 15) is 9.59 Å². The summed E-state index contributed by atoms with van der Waals surface area (Å²) in [6, 6.07) is 6.78. The second-order valence-corrected chi connectivity index (χ2v) is 7.52. The standard InChI is InChI=1S/C19H27NO3/c1-19(2,3)16-10-12-20(13-11-16)17(21)9-6-14-4-7-15(8-5-14)18(22)23/h4-5,7-8,16H,6,9-13H2,1-3H3,(H,22,23). The molecule has 1 saturated heterocycles. The molecule has 2 rings (SSSR count). The Kier molecular flexibility index (Phi) is 5.45.